The molecule has 0 unspecified atom stereocenters. The summed E-state index contributed by atoms with van der Waals surface area (Å²) in [4.78, 5) is 26.6. The number of thioether (sulfide) groups is 1. The number of furan rings is 1. The first kappa shape index (κ1) is 20.1. The lowest BCUT2D eigenvalue weighted by Gasteiger charge is -2.23. The predicted molar refractivity (Wildman–Crippen MR) is 115 cm³/mol. The third-order valence-corrected chi connectivity index (χ3v) is 6.20. The molecule has 0 radical (unpaired) electrons. The van der Waals surface area contributed by atoms with Crippen LogP contribution >= 0.6 is 11.8 Å². The number of rotatable bonds is 7. The molecule has 1 aliphatic rings. The van der Waals surface area contributed by atoms with Crippen molar-refractivity contribution in [3.05, 3.63) is 89.4 Å². The van der Waals surface area contributed by atoms with E-state index in [-0.39, 0.29) is 17.2 Å². The number of amides is 2. The Morgan fingerprint density at radius 2 is 1.93 bits per heavy atom. The van der Waals surface area contributed by atoms with Crippen LogP contribution in [0.5, 0.6) is 5.75 Å². The highest BCUT2D eigenvalue weighted by Crippen LogP contribution is 2.39. The van der Waals surface area contributed by atoms with Gasteiger partial charge < -0.3 is 19.4 Å². The number of carbonyl (C=O) groups is 2. The standard InChI is InChI=1S/C23H22N2O4S/c1-28-19-10-4-16(5-11-19)13-24-22(27)17-6-8-18(9-7-17)23-25(21(26)15-30-23)14-20-3-2-12-29-20/h2-12,23H,13-15H2,1H3,(H,24,27)/t23-/m0/s1. The maximum absolute atomic E-state index is 12.5. The summed E-state index contributed by atoms with van der Waals surface area (Å²) in [6, 6.07) is 18.7. The number of nitrogens with zero attached hydrogens (tertiary/aromatic N) is 1. The molecular weight excluding hydrogens is 400 g/mol. The molecule has 1 saturated heterocycles. The van der Waals surface area contributed by atoms with Crippen molar-refractivity contribution in [2.45, 2.75) is 18.5 Å². The van der Waals surface area contributed by atoms with Crippen molar-refractivity contribution in [2.24, 2.45) is 0 Å². The summed E-state index contributed by atoms with van der Waals surface area (Å²) in [5.41, 5.74) is 2.57. The number of hydrogen-bond donors (Lipinski definition) is 1. The number of hydrogen-bond acceptors (Lipinski definition) is 5. The SMILES string of the molecule is COc1ccc(CNC(=O)c2ccc([C@@H]3SCC(=O)N3Cc3ccco3)cc2)cc1. The van der Waals surface area contributed by atoms with Crippen LogP contribution in [0.15, 0.2) is 71.3 Å². The van der Waals surface area contributed by atoms with E-state index < -0.39 is 0 Å². The molecule has 7 heteroatoms. The van der Waals surface area contributed by atoms with Gasteiger partial charge in [-0.1, -0.05) is 24.3 Å². The van der Waals surface area contributed by atoms with Crippen LogP contribution in [0.2, 0.25) is 0 Å². The van der Waals surface area contributed by atoms with E-state index in [9.17, 15) is 9.59 Å². The van der Waals surface area contributed by atoms with Crippen LogP contribution in [-0.4, -0.2) is 29.6 Å². The van der Waals surface area contributed by atoms with Crippen LogP contribution in [0.3, 0.4) is 0 Å². The average molecular weight is 423 g/mol. The second-order valence-electron chi connectivity index (χ2n) is 6.92. The quantitative estimate of drug-likeness (QED) is 0.623. The van der Waals surface area contributed by atoms with Gasteiger partial charge in [0.05, 0.1) is 25.7 Å². The summed E-state index contributed by atoms with van der Waals surface area (Å²) in [6.45, 7) is 0.877. The summed E-state index contributed by atoms with van der Waals surface area (Å²) >= 11 is 1.58. The van der Waals surface area contributed by atoms with Crippen LogP contribution in [0.25, 0.3) is 0 Å². The fourth-order valence-corrected chi connectivity index (χ4v) is 4.49. The van der Waals surface area contributed by atoms with E-state index in [0.29, 0.717) is 24.4 Å². The van der Waals surface area contributed by atoms with Crippen LogP contribution in [0.1, 0.15) is 32.6 Å². The molecule has 3 aromatic rings. The molecule has 1 N–H and O–H groups in total. The minimum Gasteiger partial charge on any atom is -0.497 e. The molecule has 30 heavy (non-hydrogen) atoms. The normalized spacial score (nSPS) is 16.0. The molecule has 0 spiro atoms. The molecule has 4 rings (SSSR count). The van der Waals surface area contributed by atoms with Gasteiger partial charge in [0.25, 0.3) is 5.91 Å². The molecule has 0 bridgehead atoms. The van der Waals surface area contributed by atoms with E-state index >= 15 is 0 Å². The Morgan fingerprint density at radius 1 is 1.17 bits per heavy atom. The third-order valence-electron chi connectivity index (χ3n) is 4.94. The van der Waals surface area contributed by atoms with Crippen molar-refractivity contribution in [2.75, 3.05) is 12.9 Å². The smallest absolute Gasteiger partial charge is 0.251 e. The zero-order valence-corrected chi connectivity index (χ0v) is 17.4. The lowest BCUT2D eigenvalue weighted by Crippen LogP contribution is -2.27. The first-order valence-corrected chi connectivity index (χ1v) is 10.6. The largest absolute Gasteiger partial charge is 0.497 e. The molecule has 1 atom stereocenters. The Labute approximate surface area is 179 Å². The van der Waals surface area contributed by atoms with Gasteiger partial charge in [0.2, 0.25) is 5.91 Å². The molecule has 1 fully saturated rings. The Bertz CT molecular complexity index is 1000. The second-order valence-corrected chi connectivity index (χ2v) is 7.99. The lowest BCUT2D eigenvalue weighted by atomic mass is 10.1. The zero-order valence-electron chi connectivity index (χ0n) is 16.5. The molecule has 0 saturated carbocycles. The summed E-state index contributed by atoms with van der Waals surface area (Å²) in [5.74, 6) is 1.92. The highest BCUT2D eigenvalue weighted by atomic mass is 32.2. The summed E-state index contributed by atoms with van der Waals surface area (Å²) in [7, 11) is 1.62. The van der Waals surface area contributed by atoms with Gasteiger partial charge in [-0.15, -0.1) is 11.8 Å². The van der Waals surface area contributed by atoms with E-state index in [2.05, 4.69) is 5.32 Å². The number of nitrogens with one attached hydrogen (secondary N) is 1. The van der Waals surface area contributed by atoms with Gasteiger partial charge in [-0.25, -0.2) is 0 Å². The molecule has 1 aliphatic heterocycles. The van der Waals surface area contributed by atoms with Crippen LogP contribution in [0, 0.1) is 0 Å². The van der Waals surface area contributed by atoms with Gasteiger partial charge in [0, 0.05) is 12.1 Å². The number of methoxy groups -OCH3 is 1. The van der Waals surface area contributed by atoms with E-state index in [4.69, 9.17) is 9.15 Å². The molecular formula is C23H22N2O4S. The highest BCUT2D eigenvalue weighted by Gasteiger charge is 2.33. The number of ether oxygens (including phenoxy) is 1. The summed E-state index contributed by atoms with van der Waals surface area (Å²) in [6.07, 6.45) is 1.61. The van der Waals surface area contributed by atoms with Gasteiger partial charge in [0.15, 0.2) is 0 Å². The molecule has 2 heterocycles. The predicted octanol–water partition coefficient (Wildman–Crippen LogP) is 3.99. The topological polar surface area (TPSA) is 71.8 Å². The Balaban J connectivity index is 1.39. The van der Waals surface area contributed by atoms with Crippen LogP contribution in [-0.2, 0) is 17.9 Å². The zero-order chi connectivity index (χ0) is 20.9. The van der Waals surface area contributed by atoms with Crippen molar-refractivity contribution in [3.63, 3.8) is 0 Å². The van der Waals surface area contributed by atoms with E-state index in [1.54, 1.807) is 37.3 Å². The fourth-order valence-electron chi connectivity index (χ4n) is 3.30. The fraction of sp³-hybridized carbons (Fsp3) is 0.217. The van der Waals surface area contributed by atoms with Crippen LogP contribution in [0.4, 0.5) is 0 Å². The van der Waals surface area contributed by atoms with Gasteiger partial charge in [-0.3, -0.25) is 9.59 Å². The van der Waals surface area contributed by atoms with E-state index in [1.807, 2.05) is 53.4 Å². The lowest BCUT2D eigenvalue weighted by molar-refractivity contribution is -0.128. The maximum Gasteiger partial charge on any atom is 0.251 e. The monoisotopic (exact) mass is 422 g/mol. The van der Waals surface area contributed by atoms with Gasteiger partial charge in [-0.05, 0) is 47.5 Å². The van der Waals surface area contributed by atoms with Crippen molar-refractivity contribution in [1.29, 1.82) is 0 Å². The highest BCUT2D eigenvalue weighted by molar-refractivity contribution is 8.00. The first-order valence-electron chi connectivity index (χ1n) is 9.58. The molecule has 6 nitrogen and oxygen atoms in total. The Kier molecular flexibility index (Phi) is 6.09. The Morgan fingerprint density at radius 3 is 2.60 bits per heavy atom. The first-order chi connectivity index (χ1) is 14.6. The molecule has 2 aromatic carbocycles. The van der Waals surface area contributed by atoms with Crippen molar-refractivity contribution in [1.82, 2.24) is 10.2 Å². The minimum atomic E-state index is -0.139. The summed E-state index contributed by atoms with van der Waals surface area (Å²) < 4.78 is 10.5. The number of benzene rings is 2. The van der Waals surface area contributed by atoms with Gasteiger partial charge >= 0.3 is 0 Å². The molecule has 2 amide bonds. The van der Waals surface area contributed by atoms with Crippen molar-refractivity contribution >= 4 is 23.6 Å². The summed E-state index contributed by atoms with van der Waals surface area (Å²) in [5, 5.41) is 2.84. The Hall–Kier alpha value is -3.19. The van der Waals surface area contributed by atoms with Crippen molar-refractivity contribution < 1.29 is 18.7 Å². The molecule has 1 aromatic heterocycles. The number of carbonyl (C=O) groups excluding carboxylic acids is 2. The molecule has 154 valence electrons. The average Bonchev–Trinajstić information content (AvgIpc) is 3.43. The van der Waals surface area contributed by atoms with E-state index in [1.165, 1.54) is 0 Å². The van der Waals surface area contributed by atoms with Crippen molar-refractivity contribution in [3.8, 4) is 5.75 Å². The van der Waals surface area contributed by atoms with Crippen LogP contribution < -0.4 is 10.1 Å². The second kappa shape index (κ2) is 9.09. The third kappa shape index (κ3) is 4.52. The van der Waals surface area contributed by atoms with Gasteiger partial charge in [-0.2, -0.15) is 0 Å². The maximum atomic E-state index is 12.5. The van der Waals surface area contributed by atoms with Gasteiger partial charge in [0.1, 0.15) is 16.9 Å². The minimum absolute atomic E-state index is 0.0842. The van der Waals surface area contributed by atoms with E-state index in [0.717, 1.165) is 22.6 Å². The molecule has 0 aliphatic carbocycles.